The van der Waals surface area contributed by atoms with E-state index in [4.69, 9.17) is 15.9 Å². The summed E-state index contributed by atoms with van der Waals surface area (Å²) in [5.41, 5.74) is 7.16. The number of rotatable bonds is 4. The molecule has 1 unspecified atom stereocenters. The van der Waals surface area contributed by atoms with Crippen molar-refractivity contribution >= 4 is 10.9 Å². The Labute approximate surface area is 393 Å². The fraction of sp³-hybridized carbons (Fsp3) is 0.129. The highest BCUT2D eigenvalue weighted by molar-refractivity contribution is 5.85. The predicted molar refractivity (Wildman–Crippen MR) is 262 cm³/mol. The number of benzene rings is 3. The summed E-state index contributed by atoms with van der Waals surface area (Å²) in [5.74, 6) is 83.2. The predicted octanol–water partition coefficient (Wildman–Crippen LogP) is 6.24. The minimum atomic E-state index is -0.202. The van der Waals surface area contributed by atoms with Gasteiger partial charge in [-0.1, -0.05) is 36.3 Å². The van der Waals surface area contributed by atoms with Crippen LogP contribution in [0.1, 0.15) is 40.9 Å². The molecule has 4 aromatic rings. The van der Waals surface area contributed by atoms with Crippen LogP contribution in [0.3, 0.4) is 0 Å². The lowest BCUT2D eigenvalue weighted by atomic mass is 9.85. The maximum Gasteiger partial charge on any atom is 0.161 e. The van der Waals surface area contributed by atoms with Crippen LogP contribution >= 0.6 is 0 Å². The largest absolute Gasteiger partial charge is 0.493 e. The molecule has 0 radical (unpaired) electrons. The molecule has 1 aromatic heterocycles. The first-order chi connectivity index (χ1) is 33.1. The molecule has 5 heteroatoms. The molecule has 0 saturated heterocycles. The zero-order valence-corrected chi connectivity index (χ0v) is 36.1. The van der Waals surface area contributed by atoms with Crippen LogP contribution in [0.4, 0.5) is 4.39 Å². The van der Waals surface area contributed by atoms with Crippen molar-refractivity contribution in [2.45, 2.75) is 39.0 Å². The maximum absolute atomic E-state index is 13.7. The average Bonchev–Trinajstić information content (AvgIpc) is 3.70. The van der Waals surface area contributed by atoms with Crippen molar-refractivity contribution in [3.63, 3.8) is 0 Å². The number of nitrogens with zero attached hydrogens (tertiary/aromatic N) is 1. The van der Waals surface area contributed by atoms with Gasteiger partial charge in [0.15, 0.2) is 11.5 Å². The van der Waals surface area contributed by atoms with Gasteiger partial charge in [0.2, 0.25) is 0 Å². The van der Waals surface area contributed by atoms with Gasteiger partial charge in [-0.3, -0.25) is 4.90 Å². The SMILES string of the molecule is C#CC#CC#CC#CC#CC#CC#CC#CC#CC#CC#CC#CC#CC#CC#CC#CC#CC.COc1cc2c(cc1OCc1ccccc1)CCN1Cc3[nH]c4cc(F)ccc4c3CC21. The molecule has 2 aliphatic heterocycles. The number of hydrogen-bond donors (Lipinski definition) is 1. The highest BCUT2D eigenvalue weighted by Crippen LogP contribution is 2.44. The van der Waals surface area contributed by atoms with Crippen LogP contribution < -0.4 is 9.47 Å². The fourth-order valence-corrected chi connectivity index (χ4v) is 6.25. The van der Waals surface area contributed by atoms with E-state index < -0.39 is 0 Å². The Bertz CT molecular complexity index is 3720. The number of terminal acetylenes is 1. The first-order valence-electron chi connectivity index (χ1n) is 19.9. The Morgan fingerprint density at radius 1 is 0.612 bits per heavy atom. The number of aromatic amines is 1. The molecule has 2 aliphatic rings. The van der Waals surface area contributed by atoms with Crippen molar-refractivity contribution in [1.82, 2.24) is 9.88 Å². The summed E-state index contributed by atoms with van der Waals surface area (Å²) in [7, 11) is 1.70. The third-order valence-corrected chi connectivity index (χ3v) is 8.92. The monoisotopic (exact) mass is 852 g/mol. The van der Waals surface area contributed by atoms with Crippen LogP contribution in [0, 0.1) is 208 Å². The molecule has 0 saturated carbocycles. The second kappa shape index (κ2) is 27.9. The van der Waals surface area contributed by atoms with Gasteiger partial charge in [0.05, 0.1) is 7.11 Å². The molecular formula is C62H29FN2O2. The van der Waals surface area contributed by atoms with E-state index in [2.05, 4.69) is 230 Å². The average molecular weight is 853 g/mol. The molecule has 67 heavy (non-hydrogen) atoms. The lowest BCUT2D eigenvalue weighted by molar-refractivity contribution is 0.158. The van der Waals surface area contributed by atoms with Crippen molar-refractivity contribution in [3.8, 4) is 213 Å². The third-order valence-electron chi connectivity index (χ3n) is 8.92. The third kappa shape index (κ3) is 16.2. The molecule has 0 bridgehead atoms. The van der Waals surface area contributed by atoms with Gasteiger partial charge in [0, 0.05) is 130 Å². The number of fused-ring (bicyclic) bond motifs is 6. The lowest BCUT2D eigenvalue weighted by Crippen LogP contribution is -2.39. The molecule has 306 valence electrons. The van der Waals surface area contributed by atoms with E-state index in [1.165, 1.54) is 22.4 Å². The van der Waals surface area contributed by atoms with Crippen LogP contribution in [0.15, 0.2) is 60.7 Å². The van der Waals surface area contributed by atoms with Gasteiger partial charge in [0.25, 0.3) is 0 Å². The first kappa shape index (κ1) is 47.3. The molecule has 0 spiro atoms. The second-order valence-corrected chi connectivity index (χ2v) is 13.0. The number of aromatic nitrogens is 1. The van der Waals surface area contributed by atoms with Gasteiger partial charge in [-0.25, -0.2) is 4.39 Å². The lowest BCUT2D eigenvalue weighted by Gasteiger charge is -2.40. The highest BCUT2D eigenvalue weighted by atomic mass is 19.1. The molecule has 6 rings (SSSR count). The Kier molecular flexibility index (Phi) is 19.7. The zero-order valence-electron chi connectivity index (χ0n) is 36.1. The Balaban J connectivity index is 0.000000251. The van der Waals surface area contributed by atoms with Gasteiger partial charge in [-0.05, 0) is 167 Å². The summed E-state index contributed by atoms with van der Waals surface area (Å²) in [6, 6.07) is 19.8. The van der Waals surface area contributed by atoms with Crippen molar-refractivity contribution in [1.29, 1.82) is 0 Å². The minimum Gasteiger partial charge on any atom is -0.493 e. The van der Waals surface area contributed by atoms with Crippen molar-refractivity contribution in [3.05, 3.63) is 94.4 Å². The Morgan fingerprint density at radius 2 is 1.10 bits per heavy atom. The number of ether oxygens (including phenoxy) is 2. The molecule has 1 N–H and O–H groups in total. The molecule has 3 aromatic carbocycles. The second-order valence-electron chi connectivity index (χ2n) is 13.0. The van der Waals surface area contributed by atoms with Gasteiger partial charge in [0.1, 0.15) is 12.4 Å². The van der Waals surface area contributed by atoms with E-state index >= 15 is 0 Å². The van der Waals surface area contributed by atoms with Crippen LogP contribution in [-0.2, 0) is 26.0 Å². The van der Waals surface area contributed by atoms with E-state index in [1.54, 1.807) is 26.2 Å². The van der Waals surface area contributed by atoms with Gasteiger partial charge < -0.3 is 14.5 Å². The van der Waals surface area contributed by atoms with E-state index in [0.717, 1.165) is 53.9 Å². The molecular weight excluding hydrogens is 824 g/mol. The van der Waals surface area contributed by atoms with Crippen molar-refractivity contribution < 1.29 is 13.9 Å². The number of methoxy groups -OCH3 is 1. The normalized spacial score (nSPS) is 10.4. The summed E-state index contributed by atoms with van der Waals surface area (Å²) in [6.45, 7) is 4.05. The minimum absolute atomic E-state index is 0.202. The van der Waals surface area contributed by atoms with Crippen LogP contribution in [0.2, 0.25) is 0 Å². The molecule has 4 nitrogen and oxygen atoms in total. The molecule has 0 amide bonds. The number of H-pyrrole nitrogens is 1. The van der Waals surface area contributed by atoms with Crippen molar-refractivity contribution in [2.75, 3.05) is 13.7 Å². The Hall–Kier alpha value is -10.8. The summed E-state index contributed by atoms with van der Waals surface area (Å²) in [6.07, 6.45) is 6.80. The molecule has 0 aliphatic carbocycles. The van der Waals surface area contributed by atoms with Gasteiger partial charge >= 0.3 is 0 Å². The van der Waals surface area contributed by atoms with E-state index in [-0.39, 0.29) is 11.9 Å². The van der Waals surface area contributed by atoms with Crippen LogP contribution in [0.5, 0.6) is 11.5 Å². The number of halogens is 1. The highest BCUT2D eigenvalue weighted by Gasteiger charge is 2.34. The number of hydrogen-bond acceptors (Lipinski definition) is 3. The standard InChI is InChI=1S/C35H4.C27H25FN2O2/c1-3-5-7-9-11-13-15-17-19-21-23-25-27-29-31-33-35-34-32-30-28-26-24-22-20-18-16-14-12-10-8-6-4-2;1-31-26-14-21-18(11-27(26)32-16-17-5-3-2-4-6-17)9-10-30-15-24-22(13-25(21)30)20-8-7-19(28)12-23(20)29-24/h1H,2H3;2-8,11-12,14,25,29H,9-10,13,15-16H2,1H3. The van der Waals surface area contributed by atoms with Gasteiger partial charge in [-0.15, -0.1) is 6.42 Å². The van der Waals surface area contributed by atoms with Crippen LogP contribution in [0.25, 0.3) is 10.9 Å². The molecule has 1 atom stereocenters. The van der Waals surface area contributed by atoms with Gasteiger partial charge in [-0.2, -0.15) is 0 Å². The molecule has 3 heterocycles. The summed E-state index contributed by atoms with van der Waals surface area (Å²) in [4.78, 5) is 5.97. The van der Waals surface area contributed by atoms with E-state index in [1.807, 2.05) is 24.3 Å². The van der Waals surface area contributed by atoms with E-state index in [0.29, 0.717) is 6.61 Å². The van der Waals surface area contributed by atoms with Crippen molar-refractivity contribution in [2.24, 2.45) is 0 Å². The summed E-state index contributed by atoms with van der Waals surface area (Å²) in [5, 5.41) is 1.13. The maximum atomic E-state index is 13.7. The van der Waals surface area contributed by atoms with Crippen LogP contribution in [-0.4, -0.2) is 23.5 Å². The summed E-state index contributed by atoms with van der Waals surface area (Å²) >= 11 is 0. The Morgan fingerprint density at radius 3 is 1.58 bits per heavy atom. The zero-order chi connectivity index (χ0) is 47.0. The quantitative estimate of drug-likeness (QED) is 0.247. The smallest absolute Gasteiger partial charge is 0.161 e. The molecule has 0 fully saturated rings. The summed E-state index contributed by atoms with van der Waals surface area (Å²) < 4.78 is 25.6. The first-order valence-corrected chi connectivity index (χ1v) is 19.9. The van der Waals surface area contributed by atoms with E-state index in [9.17, 15) is 4.39 Å². The fourth-order valence-electron chi connectivity index (χ4n) is 6.25. The number of nitrogens with one attached hydrogen (secondary N) is 1. The topological polar surface area (TPSA) is 37.5 Å².